The molecular weight excluding hydrogens is 274 g/mol. The van der Waals surface area contributed by atoms with Crippen molar-refractivity contribution in [3.05, 3.63) is 66.0 Å². The van der Waals surface area contributed by atoms with Gasteiger partial charge in [-0.15, -0.1) is 0 Å². The Labute approximate surface area is 118 Å². The second kappa shape index (κ2) is 5.09. The first kappa shape index (κ1) is 14.3. The zero-order chi connectivity index (χ0) is 14.9. The molecule has 0 saturated heterocycles. The normalized spacial score (nSPS) is 11.3. The molecule has 1 aromatic carbocycles. The third-order valence-corrected chi connectivity index (χ3v) is 4.62. The summed E-state index contributed by atoms with van der Waals surface area (Å²) < 4.78 is 26.1. The van der Waals surface area contributed by atoms with Crippen molar-refractivity contribution in [3.8, 4) is 0 Å². The van der Waals surface area contributed by atoms with Gasteiger partial charge in [-0.3, -0.25) is 4.79 Å². The van der Waals surface area contributed by atoms with Crippen LogP contribution in [-0.4, -0.2) is 18.2 Å². The molecule has 1 heterocycles. The number of benzene rings is 1. The van der Waals surface area contributed by atoms with E-state index in [4.69, 9.17) is 0 Å². The van der Waals surface area contributed by atoms with Crippen LogP contribution >= 0.6 is 0 Å². The van der Waals surface area contributed by atoms with Gasteiger partial charge >= 0.3 is 0 Å². The van der Waals surface area contributed by atoms with Crippen LogP contribution in [0.5, 0.6) is 0 Å². The number of rotatable bonds is 4. The zero-order valence-corrected chi connectivity index (χ0v) is 12.1. The maximum atomic E-state index is 12.5. The second-order valence-corrected chi connectivity index (χ2v) is 6.43. The van der Waals surface area contributed by atoms with Gasteiger partial charge in [-0.25, -0.2) is 12.4 Å². The third-order valence-electron chi connectivity index (χ3n) is 2.91. The summed E-state index contributed by atoms with van der Waals surface area (Å²) in [6.07, 6.45) is 1.37. The summed E-state index contributed by atoms with van der Waals surface area (Å²) >= 11 is 0. The number of ketones is 1. The molecule has 104 valence electrons. The first-order valence-corrected chi connectivity index (χ1v) is 7.48. The highest BCUT2D eigenvalue weighted by atomic mass is 32.2. The molecule has 2 rings (SSSR count). The highest BCUT2D eigenvalue weighted by Gasteiger charge is 2.22. The van der Waals surface area contributed by atoms with Crippen LogP contribution in [0, 0.1) is 6.92 Å². The number of nitrogens with zero attached hydrogens (tertiary/aromatic N) is 1. The number of carbonyl (C=O) groups excluding carboxylic acids is 1. The van der Waals surface area contributed by atoms with Crippen LogP contribution in [0.1, 0.15) is 23.0 Å². The molecule has 0 aliphatic heterocycles. The topological polar surface area (TPSA) is 56.1 Å². The monoisotopic (exact) mass is 289 g/mol. The average molecular weight is 289 g/mol. The van der Waals surface area contributed by atoms with Gasteiger partial charge < -0.3 is 0 Å². The Hall–Kier alpha value is -2.14. The summed E-state index contributed by atoms with van der Waals surface area (Å²) in [4.78, 5) is 12.1. The van der Waals surface area contributed by atoms with Crippen LogP contribution in [0.3, 0.4) is 0 Å². The van der Waals surface area contributed by atoms with Gasteiger partial charge in [-0.1, -0.05) is 24.3 Å². The Kier molecular flexibility index (Phi) is 3.63. The minimum Gasteiger partial charge on any atom is -0.287 e. The summed E-state index contributed by atoms with van der Waals surface area (Å²) in [6, 6.07) is 9.50. The SMILES string of the molecule is C=C(C)C(=O)c1cccn1S(=O)(=O)c1ccc(C)cc1. The van der Waals surface area contributed by atoms with Crippen molar-refractivity contribution < 1.29 is 13.2 Å². The van der Waals surface area contributed by atoms with Crippen LogP contribution < -0.4 is 0 Å². The van der Waals surface area contributed by atoms with Crippen LogP contribution in [0.25, 0.3) is 0 Å². The predicted molar refractivity (Wildman–Crippen MR) is 77.3 cm³/mol. The summed E-state index contributed by atoms with van der Waals surface area (Å²) in [6.45, 7) is 6.99. The smallest absolute Gasteiger partial charge is 0.268 e. The van der Waals surface area contributed by atoms with Gasteiger partial charge in [0.05, 0.1) is 4.90 Å². The summed E-state index contributed by atoms with van der Waals surface area (Å²) in [5.74, 6) is -0.384. The molecule has 0 atom stereocenters. The summed E-state index contributed by atoms with van der Waals surface area (Å²) in [5, 5.41) is 0. The van der Waals surface area contributed by atoms with E-state index in [2.05, 4.69) is 6.58 Å². The van der Waals surface area contributed by atoms with E-state index in [9.17, 15) is 13.2 Å². The number of allylic oxidation sites excluding steroid dienone is 1. The molecule has 0 radical (unpaired) electrons. The van der Waals surface area contributed by atoms with Crippen molar-refractivity contribution in [2.75, 3.05) is 0 Å². The average Bonchev–Trinajstić information content (AvgIpc) is 2.88. The van der Waals surface area contributed by atoms with Crippen LogP contribution in [0.2, 0.25) is 0 Å². The minimum atomic E-state index is -3.77. The Morgan fingerprint density at radius 2 is 1.75 bits per heavy atom. The van der Waals surface area contributed by atoms with Gasteiger partial charge in [0.15, 0.2) is 0 Å². The Balaban J connectivity index is 2.56. The van der Waals surface area contributed by atoms with Crippen molar-refractivity contribution in [2.24, 2.45) is 0 Å². The molecule has 0 amide bonds. The summed E-state index contributed by atoms with van der Waals surface area (Å²) in [7, 11) is -3.77. The van der Waals surface area contributed by atoms with Gasteiger partial charge in [0.2, 0.25) is 5.78 Å². The molecule has 0 bridgehead atoms. The predicted octanol–water partition coefficient (Wildman–Crippen LogP) is 2.79. The number of hydrogen-bond donors (Lipinski definition) is 0. The Morgan fingerprint density at radius 3 is 2.30 bits per heavy atom. The number of aryl methyl sites for hydroxylation is 1. The van der Waals surface area contributed by atoms with E-state index in [1.54, 1.807) is 19.1 Å². The molecule has 5 heteroatoms. The van der Waals surface area contributed by atoms with E-state index in [1.807, 2.05) is 6.92 Å². The number of carbonyl (C=O) groups is 1. The standard InChI is InChI=1S/C15H15NO3S/c1-11(2)15(17)14-5-4-10-16(14)20(18,19)13-8-6-12(3)7-9-13/h4-10H,1H2,2-3H3. The summed E-state index contributed by atoms with van der Waals surface area (Å²) in [5.41, 5.74) is 1.36. The van der Waals surface area contributed by atoms with Crippen molar-refractivity contribution in [2.45, 2.75) is 18.7 Å². The number of hydrogen-bond acceptors (Lipinski definition) is 3. The lowest BCUT2D eigenvalue weighted by molar-refractivity contribution is 0.102. The quantitative estimate of drug-likeness (QED) is 0.642. The van der Waals surface area contributed by atoms with Crippen LogP contribution in [0.15, 0.2) is 59.6 Å². The fourth-order valence-electron chi connectivity index (χ4n) is 1.79. The van der Waals surface area contributed by atoms with Crippen LogP contribution in [-0.2, 0) is 10.0 Å². The molecule has 2 aromatic rings. The molecule has 0 spiro atoms. The lowest BCUT2D eigenvalue weighted by Gasteiger charge is -2.10. The molecule has 0 unspecified atom stereocenters. The molecule has 0 aliphatic carbocycles. The molecule has 0 N–H and O–H groups in total. The van der Waals surface area contributed by atoms with Gasteiger partial charge in [0.1, 0.15) is 5.69 Å². The van der Waals surface area contributed by atoms with Crippen molar-refractivity contribution >= 4 is 15.8 Å². The third kappa shape index (κ3) is 2.44. The van der Waals surface area contributed by atoms with Gasteiger partial charge in [-0.2, -0.15) is 0 Å². The van der Waals surface area contributed by atoms with E-state index in [-0.39, 0.29) is 16.4 Å². The highest BCUT2D eigenvalue weighted by molar-refractivity contribution is 7.90. The van der Waals surface area contributed by atoms with E-state index in [0.717, 1.165) is 9.54 Å². The Morgan fingerprint density at radius 1 is 1.15 bits per heavy atom. The zero-order valence-electron chi connectivity index (χ0n) is 11.3. The molecule has 1 aromatic heterocycles. The maximum Gasteiger partial charge on any atom is 0.268 e. The Bertz CT molecular complexity index is 768. The molecule has 0 saturated carbocycles. The number of Topliss-reactive ketones (excluding diaryl/α,β-unsaturated/α-hetero) is 1. The maximum absolute atomic E-state index is 12.5. The minimum absolute atomic E-state index is 0.0954. The van der Waals surface area contributed by atoms with Gasteiger partial charge in [0, 0.05) is 6.20 Å². The lowest BCUT2D eigenvalue weighted by atomic mass is 10.2. The fourth-order valence-corrected chi connectivity index (χ4v) is 3.13. The highest BCUT2D eigenvalue weighted by Crippen LogP contribution is 2.18. The first-order chi connectivity index (χ1) is 9.34. The fraction of sp³-hybridized carbons (Fsp3) is 0.133. The largest absolute Gasteiger partial charge is 0.287 e. The van der Waals surface area contributed by atoms with E-state index in [1.165, 1.54) is 30.5 Å². The molecule has 0 fully saturated rings. The molecule has 20 heavy (non-hydrogen) atoms. The molecular formula is C15H15NO3S. The van der Waals surface area contributed by atoms with Crippen molar-refractivity contribution in [1.82, 2.24) is 3.97 Å². The van der Waals surface area contributed by atoms with E-state index >= 15 is 0 Å². The van der Waals surface area contributed by atoms with Gasteiger partial charge in [-0.05, 0) is 43.7 Å². The van der Waals surface area contributed by atoms with Gasteiger partial charge in [0.25, 0.3) is 10.0 Å². The lowest BCUT2D eigenvalue weighted by Crippen LogP contribution is -2.18. The second-order valence-electron chi connectivity index (χ2n) is 4.62. The van der Waals surface area contributed by atoms with E-state index in [0.29, 0.717) is 5.57 Å². The van der Waals surface area contributed by atoms with Crippen molar-refractivity contribution in [3.63, 3.8) is 0 Å². The first-order valence-electron chi connectivity index (χ1n) is 6.04. The molecule has 4 nitrogen and oxygen atoms in total. The van der Waals surface area contributed by atoms with Crippen LogP contribution in [0.4, 0.5) is 0 Å². The van der Waals surface area contributed by atoms with Crippen molar-refractivity contribution in [1.29, 1.82) is 0 Å². The van der Waals surface area contributed by atoms with E-state index < -0.39 is 10.0 Å². The molecule has 0 aliphatic rings. The number of aromatic nitrogens is 1.